The van der Waals surface area contributed by atoms with Gasteiger partial charge in [-0.25, -0.2) is 13.2 Å². The fourth-order valence-electron chi connectivity index (χ4n) is 5.13. The van der Waals surface area contributed by atoms with E-state index >= 15 is 0 Å². The van der Waals surface area contributed by atoms with Crippen LogP contribution in [0.3, 0.4) is 0 Å². The summed E-state index contributed by atoms with van der Waals surface area (Å²) in [7, 11) is -2.41. The van der Waals surface area contributed by atoms with Crippen LogP contribution in [0, 0.1) is 5.92 Å². The monoisotopic (exact) mass is 575 g/mol. The Hall–Kier alpha value is -2.70. The maximum absolute atomic E-state index is 13.8. The van der Waals surface area contributed by atoms with Crippen molar-refractivity contribution in [1.82, 2.24) is 14.9 Å². The van der Waals surface area contributed by atoms with E-state index in [2.05, 4.69) is 10.6 Å². The zero-order valence-corrected chi connectivity index (χ0v) is 23.9. The molecule has 2 aliphatic heterocycles. The number of hydrogen-bond acceptors (Lipinski definition) is 8. The number of sulfonamides is 1. The number of nitrogens with one attached hydrogen (secondary N) is 2. The standard InChI is InChI=1S/C29H41N3O7S/c1-37-24-7-9-26(10-8-24)40(35,36)32(17-13-22-11-15-30-16-12-22)20-28(33)27(19-23-5-3-2-4-6-23)31-29(34)39-25-14-18-38-21-25/h2-10,22,25,27-28,30,33H,11-21H2,1H3,(H,31,34)/t25-,27?,28-/m0/s1. The number of hydrogen-bond donors (Lipinski definition) is 3. The summed E-state index contributed by atoms with van der Waals surface area (Å²) in [5.74, 6) is 0.951. The largest absolute Gasteiger partial charge is 0.497 e. The van der Waals surface area contributed by atoms with Gasteiger partial charge in [-0.1, -0.05) is 30.3 Å². The highest BCUT2D eigenvalue weighted by Gasteiger charge is 2.32. The lowest BCUT2D eigenvalue weighted by molar-refractivity contribution is 0.0646. The molecule has 0 radical (unpaired) electrons. The Morgan fingerprint density at radius 2 is 1.85 bits per heavy atom. The maximum atomic E-state index is 13.8. The van der Waals surface area contributed by atoms with Crippen LogP contribution < -0.4 is 15.4 Å². The van der Waals surface area contributed by atoms with Crippen LogP contribution in [0.2, 0.25) is 0 Å². The van der Waals surface area contributed by atoms with Crippen LogP contribution in [-0.2, 0) is 25.9 Å². The molecule has 11 heteroatoms. The first kappa shape index (κ1) is 30.3. The van der Waals surface area contributed by atoms with Gasteiger partial charge in [0.25, 0.3) is 0 Å². The average Bonchev–Trinajstić information content (AvgIpc) is 3.48. The molecular formula is C29H41N3O7S. The molecule has 1 amide bonds. The summed E-state index contributed by atoms with van der Waals surface area (Å²) >= 11 is 0. The fourth-order valence-corrected chi connectivity index (χ4v) is 6.61. The minimum absolute atomic E-state index is 0.124. The lowest BCUT2D eigenvalue weighted by Gasteiger charge is -2.31. The molecule has 2 aliphatic rings. The van der Waals surface area contributed by atoms with Crippen molar-refractivity contribution in [3.63, 3.8) is 0 Å². The number of methoxy groups -OCH3 is 1. The van der Waals surface area contributed by atoms with Crippen molar-refractivity contribution in [2.75, 3.05) is 46.5 Å². The summed E-state index contributed by atoms with van der Waals surface area (Å²) < 4.78 is 44.9. The third kappa shape index (κ3) is 8.65. The average molecular weight is 576 g/mol. The lowest BCUT2D eigenvalue weighted by Crippen LogP contribution is -2.51. The van der Waals surface area contributed by atoms with Crippen molar-refractivity contribution in [2.45, 2.75) is 55.2 Å². The topological polar surface area (TPSA) is 126 Å². The number of piperidine rings is 1. The first-order valence-electron chi connectivity index (χ1n) is 14.0. The Morgan fingerprint density at radius 3 is 2.50 bits per heavy atom. The molecule has 2 aromatic carbocycles. The molecule has 3 N–H and O–H groups in total. The first-order chi connectivity index (χ1) is 19.3. The van der Waals surface area contributed by atoms with E-state index in [-0.39, 0.29) is 24.1 Å². The molecule has 2 aromatic rings. The van der Waals surface area contributed by atoms with E-state index in [1.165, 1.54) is 23.5 Å². The summed E-state index contributed by atoms with van der Waals surface area (Å²) in [6.45, 7) is 2.78. The molecule has 0 saturated carbocycles. The number of rotatable bonds is 13. The Kier molecular flexibility index (Phi) is 11.2. The van der Waals surface area contributed by atoms with Gasteiger partial charge in [0.1, 0.15) is 11.9 Å². The van der Waals surface area contributed by atoms with E-state index in [0.29, 0.717) is 44.1 Å². The molecular weight excluding hydrogens is 534 g/mol. The number of aliphatic hydroxyl groups is 1. The summed E-state index contributed by atoms with van der Waals surface area (Å²) in [4.78, 5) is 12.9. The molecule has 0 aromatic heterocycles. The van der Waals surface area contributed by atoms with Crippen LogP contribution in [-0.4, -0.2) is 88.7 Å². The zero-order valence-electron chi connectivity index (χ0n) is 23.0. The van der Waals surface area contributed by atoms with E-state index < -0.39 is 28.3 Å². The molecule has 2 fully saturated rings. The Balaban J connectivity index is 1.53. The molecule has 220 valence electrons. The number of nitrogens with zero attached hydrogens (tertiary/aromatic N) is 1. The number of ether oxygens (including phenoxy) is 3. The molecule has 3 atom stereocenters. The van der Waals surface area contributed by atoms with Crippen LogP contribution in [0.1, 0.15) is 31.2 Å². The summed E-state index contributed by atoms with van der Waals surface area (Å²) in [5.41, 5.74) is 0.898. The predicted molar refractivity (Wildman–Crippen MR) is 151 cm³/mol. The normalized spacial score (nSPS) is 19.7. The van der Waals surface area contributed by atoms with Gasteiger partial charge in [0, 0.05) is 19.5 Å². The Bertz CT molecular complexity index is 1150. The molecule has 0 aliphatic carbocycles. The highest BCUT2D eigenvalue weighted by molar-refractivity contribution is 7.89. The SMILES string of the molecule is COc1ccc(S(=O)(=O)N(CCC2CCNCC2)C[C@H](O)C(Cc2ccccc2)NC(=O)O[C@H]2CCOC2)cc1. The molecule has 40 heavy (non-hydrogen) atoms. The Morgan fingerprint density at radius 1 is 1.12 bits per heavy atom. The number of carbonyl (C=O) groups excluding carboxylic acids is 1. The lowest BCUT2D eigenvalue weighted by atomic mass is 9.94. The minimum atomic E-state index is -3.93. The van der Waals surface area contributed by atoms with Gasteiger partial charge in [0.15, 0.2) is 0 Å². The highest BCUT2D eigenvalue weighted by Crippen LogP contribution is 2.23. The molecule has 2 saturated heterocycles. The van der Waals surface area contributed by atoms with Crippen molar-refractivity contribution >= 4 is 16.1 Å². The van der Waals surface area contributed by atoms with E-state index in [9.17, 15) is 18.3 Å². The fraction of sp³-hybridized carbons (Fsp3) is 0.552. The second-order valence-corrected chi connectivity index (χ2v) is 12.4. The number of amides is 1. The molecule has 1 unspecified atom stereocenters. The van der Waals surface area contributed by atoms with E-state index in [1.54, 1.807) is 12.1 Å². The third-order valence-corrected chi connectivity index (χ3v) is 9.44. The first-order valence-corrected chi connectivity index (χ1v) is 15.4. The number of aliphatic hydroxyl groups excluding tert-OH is 1. The van der Waals surface area contributed by atoms with Gasteiger partial charge in [0.05, 0.1) is 37.4 Å². The van der Waals surface area contributed by atoms with E-state index in [0.717, 1.165) is 31.5 Å². The van der Waals surface area contributed by atoms with Crippen molar-refractivity contribution in [1.29, 1.82) is 0 Å². The highest BCUT2D eigenvalue weighted by atomic mass is 32.2. The quantitative estimate of drug-likeness (QED) is 0.333. The maximum Gasteiger partial charge on any atom is 0.407 e. The van der Waals surface area contributed by atoms with Gasteiger partial charge < -0.3 is 30.0 Å². The van der Waals surface area contributed by atoms with Gasteiger partial charge in [-0.15, -0.1) is 0 Å². The van der Waals surface area contributed by atoms with Gasteiger partial charge in [-0.3, -0.25) is 0 Å². The van der Waals surface area contributed by atoms with Crippen LogP contribution >= 0.6 is 0 Å². The molecule has 10 nitrogen and oxygen atoms in total. The van der Waals surface area contributed by atoms with Gasteiger partial charge >= 0.3 is 6.09 Å². The van der Waals surface area contributed by atoms with Crippen molar-refractivity contribution in [3.05, 3.63) is 60.2 Å². The second-order valence-electron chi connectivity index (χ2n) is 10.4. The summed E-state index contributed by atoms with van der Waals surface area (Å²) in [6, 6.07) is 14.9. The van der Waals surface area contributed by atoms with Crippen molar-refractivity contribution in [3.8, 4) is 5.75 Å². The van der Waals surface area contributed by atoms with Crippen LogP contribution in [0.5, 0.6) is 5.75 Å². The van der Waals surface area contributed by atoms with Gasteiger partial charge in [-0.05, 0) is 74.5 Å². The summed E-state index contributed by atoms with van der Waals surface area (Å²) in [5, 5.41) is 17.6. The van der Waals surface area contributed by atoms with Crippen LogP contribution in [0.25, 0.3) is 0 Å². The number of carbonyl (C=O) groups is 1. The van der Waals surface area contributed by atoms with E-state index in [4.69, 9.17) is 14.2 Å². The van der Waals surface area contributed by atoms with Gasteiger partial charge in [-0.2, -0.15) is 4.31 Å². The predicted octanol–water partition coefficient (Wildman–Crippen LogP) is 2.56. The van der Waals surface area contributed by atoms with Crippen LogP contribution in [0.4, 0.5) is 4.79 Å². The molecule has 0 spiro atoms. The van der Waals surface area contributed by atoms with Gasteiger partial charge in [0.2, 0.25) is 10.0 Å². The smallest absolute Gasteiger partial charge is 0.407 e. The van der Waals surface area contributed by atoms with E-state index in [1.807, 2.05) is 30.3 Å². The molecule has 0 bridgehead atoms. The number of alkyl carbamates (subject to hydrolysis) is 1. The second kappa shape index (κ2) is 14.8. The number of benzene rings is 2. The third-order valence-electron chi connectivity index (χ3n) is 7.56. The minimum Gasteiger partial charge on any atom is -0.497 e. The molecule has 4 rings (SSSR count). The molecule has 2 heterocycles. The summed E-state index contributed by atoms with van der Waals surface area (Å²) in [6.07, 6.45) is 1.38. The Labute approximate surface area is 237 Å². The zero-order chi connectivity index (χ0) is 28.4. The van der Waals surface area contributed by atoms with Crippen molar-refractivity contribution < 1.29 is 32.5 Å². The van der Waals surface area contributed by atoms with Crippen molar-refractivity contribution in [2.24, 2.45) is 5.92 Å². The van der Waals surface area contributed by atoms with Crippen LogP contribution in [0.15, 0.2) is 59.5 Å².